The van der Waals surface area contributed by atoms with E-state index in [0.29, 0.717) is 13.0 Å². The molecule has 2 fully saturated rings. The maximum absolute atomic E-state index is 13.1. The lowest BCUT2D eigenvalue weighted by atomic mass is 9.83. The Morgan fingerprint density at radius 1 is 1.13 bits per heavy atom. The largest absolute Gasteiger partial charge is 0.480 e. The van der Waals surface area contributed by atoms with Crippen LogP contribution in [0.1, 0.15) is 66.7 Å². The predicted molar refractivity (Wildman–Crippen MR) is 90.2 cm³/mol. The minimum Gasteiger partial charge on any atom is -0.480 e. The van der Waals surface area contributed by atoms with Crippen molar-refractivity contribution in [2.45, 2.75) is 84.3 Å². The highest BCUT2D eigenvalue weighted by molar-refractivity contribution is 5.83. The molecule has 2 N–H and O–H groups in total. The van der Waals surface area contributed by atoms with Crippen molar-refractivity contribution in [2.24, 2.45) is 11.3 Å². The van der Waals surface area contributed by atoms with E-state index >= 15 is 0 Å². The minimum atomic E-state index is -0.928. The van der Waals surface area contributed by atoms with Crippen LogP contribution in [0.4, 0.5) is 0 Å². The molecule has 2 aliphatic rings. The van der Waals surface area contributed by atoms with E-state index in [1.54, 1.807) is 6.92 Å². The average Bonchev–Trinajstić information content (AvgIpc) is 2.84. The van der Waals surface area contributed by atoms with Crippen molar-refractivity contribution in [1.82, 2.24) is 10.2 Å². The lowest BCUT2D eigenvalue weighted by Gasteiger charge is -2.43. The Bertz CT molecular complexity index is 463. The number of aliphatic carboxylic acids is 1. The van der Waals surface area contributed by atoms with E-state index in [2.05, 4.69) is 12.2 Å². The molecule has 0 aromatic heterocycles. The zero-order chi connectivity index (χ0) is 17.4. The molecule has 1 saturated carbocycles. The lowest BCUT2D eigenvalue weighted by molar-refractivity contribution is -0.147. The second-order valence-corrected chi connectivity index (χ2v) is 8.75. The van der Waals surface area contributed by atoms with Crippen molar-refractivity contribution in [3.8, 4) is 0 Å². The fourth-order valence-electron chi connectivity index (χ4n) is 3.86. The molecule has 23 heavy (non-hydrogen) atoms. The van der Waals surface area contributed by atoms with E-state index < -0.39 is 16.9 Å². The summed E-state index contributed by atoms with van der Waals surface area (Å²) in [6.07, 6.45) is 4.84. The molecular formula is C18H32N2O3. The van der Waals surface area contributed by atoms with Crippen molar-refractivity contribution in [3.63, 3.8) is 0 Å². The first-order valence-electron chi connectivity index (χ1n) is 8.86. The van der Waals surface area contributed by atoms with Gasteiger partial charge in [-0.3, -0.25) is 14.9 Å². The molecule has 5 nitrogen and oxygen atoms in total. The highest BCUT2D eigenvalue weighted by atomic mass is 16.4. The number of carbonyl (C=O) groups is 2. The zero-order valence-electron chi connectivity index (χ0n) is 15.2. The van der Waals surface area contributed by atoms with Gasteiger partial charge >= 0.3 is 5.97 Å². The quantitative estimate of drug-likeness (QED) is 0.837. The molecular weight excluding hydrogens is 292 g/mol. The molecule has 0 aromatic carbocycles. The van der Waals surface area contributed by atoms with Crippen LogP contribution < -0.4 is 5.32 Å². The number of hydrogen-bond donors (Lipinski definition) is 2. The smallest absolute Gasteiger partial charge is 0.323 e. The summed E-state index contributed by atoms with van der Waals surface area (Å²) in [5.41, 5.74) is -1.37. The van der Waals surface area contributed by atoms with Crippen molar-refractivity contribution >= 4 is 11.9 Å². The van der Waals surface area contributed by atoms with Crippen LogP contribution in [0.2, 0.25) is 0 Å². The summed E-state index contributed by atoms with van der Waals surface area (Å²) in [7, 11) is 0. The Balaban J connectivity index is 2.21. The summed E-state index contributed by atoms with van der Waals surface area (Å²) in [6, 6.07) is 0.224. The van der Waals surface area contributed by atoms with Crippen LogP contribution in [0.15, 0.2) is 0 Å². The molecule has 0 spiro atoms. The molecule has 1 aliphatic heterocycles. The standard InChI is InChI=1S/C18H32N2O3/c1-12-6-8-13(9-7-12)20(15(21)17(2,3)4)14-10-18(5,16(22)23)19-11-14/h12-14,19H,6-11H2,1-5H3,(H,22,23)/t12-,13+,14-,18-/m0/s1. The first kappa shape index (κ1) is 18.2. The summed E-state index contributed by atoms with van der Waals surface area (Å²) in [4.78, 5) is 26.6. The normalized spacial score (nSPS) is 35.1. The molecule has 1 amide bonds. The molecule has 1 saturated heterocycles. The van der Waals surface area contributed by atoms with Gasteiger partial charge in [0, 0.05) is 24.0 Å². The molecule has 2 rings (SSSR count). The fraction of sp³-hybridized carbons (Fsp3) is 0.889. The second-order valence-electron chi connectivity index (χ2n) is 8.75. The summed E-state index contributed by atoms with van der Waals surface area (Å²) in [6.45, 7) is 10.4. The van der Waals surface area contributed by atoms with Crippen molar-refractivity contribution < 1.29 is 14.7 Å². The summed E-state index contributed by atoms with van der Waals surface area (Å²) >= 11 is 0. The van der Waals surface area contributed by atoms with Crippen LogP contribution in [0, 0.1) is 11.3 Å². The highest BCUT2D eigenvalue weighted by Gasteiger charge is 2.47. The van der Waals surface area contributed by atoms with Crippen LogP contribution in [0.3, 0.4) is 0 Å². The Kier molecular flexibility index (Phi) is 5.09. The van der Waals surface area contributed by atoms with Crippen LogP contribution >= 0.6 is 0 Å². The number of carboxylic acid groups (broad SMARTS) is 1. The summed E-state index contributed by atoms with van der Waals surface area (Å²) in [5.74, 6) is 0.0442. The van der Waals surface area contributed by atoms with Crippen molar-refractivity contribution in [1.29, 1.82) is 0 Å². The second kappa shape index (κ2) is 6.42. The average molecular weight is 324 g/mol. The summed E-state index contributed by atoms with van der Waals surface area (Å²) in [5, 5.41) is 12.6. The van der Waals surface area contributed by atoms with E-state index in [1.165, 1.54) is 0 Å². The van der Waals surface area contributed by atoms with Gasteiger partial charge in [0.15, 0.2) is 0 Å². The van der Waals surface area contributed by atoms with Gasteiger partial charge < -0.3 is 10.0 Å². The first-order valence-corrected chi connectivity index (χ1v) is 8.86. The van der Waals surface area contributed by atoms with E-state index in [1.807, 2.05) is 25.7 Å². The maximum Gasteiger partial charge on any atom is 0.323 e. The van der Waals surface area contributed by atoms with E-state index in [0.717, 1.165) is 31.6 Å². The molecule has 1 heterocycles. The number of amides is 1. The van der Waals surface area contributed by atoms with Gasteiger partial charge in [-0.2, -0.15) is 0 Å². The molecule has 0 unspecified atom stereocenters. The molecule has 0 aromatic rings. The number of carboxylic acids is 1. The van der Waals surface area contributed by atoms with Gasteiger partial charge in [0.25, 0.3) is 0 Å². The Hall–Kier alpha value is -1.10. The van der Waals surface area contributed by atoms with Crippen LogP contribution in [0.25, 0.3) is 0 Å². The van der Waals surface area contributed by atoms with Gasteiger partial charge in [0.1, 0.15) is 5.54 Å². The third kappa shape index (κ3) is 3.87. The monoisotopic (exact) mass is 324 g/mol. The molecule has 5 heteroatoms. The zero-order valence-corrected chi connectivity index (χ0v) is 15.2. The number of nitrogens with zero attached hydrogens (tertiary/aromatic N) is 1. The van der Waals surface area contributed by atoms with E-state index in [4.69, 9.17) is 0 Å². The third-order valence-electron chi connectivity index (χ3n) is 5.49. The van der Waals surface area contributed by atoms with Crippen LogP contribution in [0.5, 0.6) is 0 Å². The van der Waals surface area contributed by atoms with Gasteiger partial charge in [-0.15, -0.1) is 0 Å². The van der Waals surface area contributed by atoms with Crippen molar-refractivity contribution in [3.05, 3.63) is 0 Å². The number of rotatable bonds is 3. The van der Waals surface area contributed by atoms with Gasteiger partial charge in [0.2, 0.25) is 5.91 Å². The number of hydrogen-bond acceptors (Lipinski definition) is 3. The molecule has 0 bridgehead atoms. The molecule has 2 atom stereocenters. The van der Waals surface area contributed by atoms with Crippen LogP contribution in [-0.2, 0) is 9.59 Å². The van der Waals surface area contributed by atoms with Gasteiger partial charge in [-0.1, -0.05) is 27.7 Å². The Labute approximate surface area is 139 Å². The van der Waals surface area contributed by atoms with Crippen molar-refractivity contribution in [2.75, 3.05) is 6.54 Å². The van der Waals surface area contributed by atoms with Gasteiger partial charge in [0.05, 0.1) is 0 Å². The molecule has 0 radical (unpaired) electrons. The topological polar surface area (TPSA) is 69.6 Å². The number of nitrogens with one attached hydrogen (secondary N) is 1. The fourth-order valence-corrected chi connectivity index (χ4v) is 3.86. The van der Waals surface area contributed by atoms with Gasteiger partial charge in [-0.05, 0) is 44.9 Å². The molecule has 1 aliphatic carbocycles. The highest BCUT2D eigenvalue weighted by Crippen LogP contribution is 2.34. The molecule has 132 valence electrons. The van der Waals surface area contributed by atoms with E-state index in [9.17, 15) is 14.7 Å². The lowest BCUT2D eigenvalue weighted by Crippen LogP contribution is -2.53. The summed E-state index contributed by atoms with van der Waals surface area (Å²) < 4.78 is 0. The third-order valence-corrected chi connectivity index (χ3v) is 5.49. The Morgan fingerprint density at radius 2 is 1.70 bits per heavy atom. The first-order chi connectivity index (χ1) is 10.5. The number of carbonyl (C=O) groups excluding carboxylic acids is 1. The Morgan fingerprint density at radius 3 is 2.13 bits per heavy atom. The van der Waals surface area contributed by atoms with Crippen LogP contribution in [-0.4, -0.2) is 46.1 Å². The minimum absolute atomic E-state index is 0.0266. The van der Waals surface area contributed by atoms with E-state index in [-0.39, 0.29) is 18.0 Å². The SMILES string of the molecule is CC(C)(C)C(=O)N([C@@H]1CN[C@](C)(C(=O)O)C1)[C@H]1CC[C@@H](C)CC1. The van der Waals surface area contributed by atoms with Gasteiger partial charge in [-0.25, -0.2) is 0 Å². The maximum atomic E-state index is 13.1. The predicted octanol–water partition coefficient (Wildman–Crippen LogP) is 2.65.